The van der Waals surface area contributed by atoms with Gasteiger partial charge in [0.15, 0.2) is 12.4 Å². The largest absolute Gasteiger partial charge is 0.504 e. The second-order valence-electron chi connectivity index (χ2n) is 2.71. The summed E-state index contributed by atoms with van der Waals surface area (Å²) >= 11 is 0. The monoisotopic (exact) mass is 229 g/mol. The lowest BCUT2D eigenvalue weighted by molar-refractivity contribution is -0.139. The number of hydrogen-bond acceptors (Lipinski definition) is 5. The van der Waals surface area contributed by atoms with Crippen LogP contribution in [0.1, 0.15) is 10.5 Å². The van der Waals surface area contributed by atoms with Crippen LogP contribution in [-0.2, 0) is 4.79 Å². The van der Waals surface area contributed by atoms with Gasteiger partial charge >= 0.3 is 11.9 Å². The number of hydrogen-bond donors (Lipinski definition) is 4. The number of aromatic carboxylic acids is 1. The van der Waals surface area contributed by atoms with E-state index in [0.29, 0.717) is 0 Å². The summed E-state index contributed by atoms with van der Waals surface area (Å²) in [5.41, 5.74) is -1.54. The van der Waals surface area contributed by atoms with Crippen molar-refractivity contribution in [2.75, 3.05) is 6.61 Å². The van der Waals surface area contributed by atoms with Crippen molar-refractivity contribution >= 4 is 11.9 Å². The molecule has 0 radical (unpaired) electrons. The van der Waals surface area contributed by atoms with Gasteiger partial charge in [0.25, 0.3) is 5.56 Å². The first-order valence-corrected chi connectivity index (χ1v) is 3.96. The number of carboxylic acid groups (broad SMARTS) is 2. The van der Waals surface area contributed by atoms with Gasteiger partial charge in [0.2, 0.25) is 5.75 Å². The van der Waals surface area contributed by atoms with Gasteiger partial charge in [-0.05, 0) is 0 Å². The molecule has 8 heteroatoms. The molecule has 0 bridgehead atoms. The van der Waals surface area contributed by atoms with Gasteiger partial charge < -0.3 is 25.0 Å². The number of ether oxygens (including phenoxy) is 1. The van der Waals surface area contributed by atoms with Crippen molar-refractivity contribution in [2.45, 2.75) is 0 Å². The van der Waals surface area contributed by atoms with Crippen molar-refractivity contribution in [1.29, 1.82) is 0 Å². The minimum absolute atomic E-state index is 0.523. The highest BCUT2D eigenvalue weighted by molar-refractivity contribution is 5.86. The number of H-pyrrole nitrogens is 1. The minimum atomic E-state index is -1.43. The van der Waals surface area contributed by atoms with Crippen LogP contribution in [-0.4, -0.2) is 38.8 Å². The Morgan fingerprint density at radius 1 is 1.38 bits per heavy atom. The highest BCUT2D eigenvalue weighted by Crippen LogP contribution is 2.20. The van der Waals surface area contributed by atoms with E-state index in [2.05, 4.69) is 4.74 Å². The fourth-order valence-corrected chi connectivity index (χ4v) is 0.922. The van der Waals surface area contributed by atoms with Crippen molar-refractivity contribution in [3.8, 4) is 11.5 Å². The molecule has 0 spiro atoms. The molecule has 0 atom stereocenters. The highest BCUT2D eigenvalue weighted by atomic mass is 16.5. The van der Waals surface area contributed by atoms with Crippen LogP contribution in [0.4, 0.5) is 0 Å². The first kappa shape index (κ1) is 11.6. The summed E-state index contributed by atoms with van der Waals surface area (Å²) in [5.74, 6) is -4.13. The molecule has 8 nitrogen and oxygen atoms in total. The maximum absolute atomic E-state index is 11.2. The molecule has 86 valence electrons. The Morgan fingerprint density at radius 2 is 2.00 bits per heavy atom. The lowest BCUT2D eigenvalue weighted by Crippen LogP contribution is -2.19. The summed E-state index contributed by atoms with van der Waals surface area (Å²) in [6.45, 7) is -0.816. The van der Waals surface area contributed by atoms with Crippen molar-refractivity contribution in [3.05, 3.63) is 22.1 Å². The summed E-state index contributed by atoms with van der Waals surface area (Å²) in [6.07, 6.45) is 0. The van der Waals surface area contributed by atoms with E-state index in [1.165, 1.54) is 0 Å². The smallest absolute Gasteiger partial charge is 0.352 e. The number of carboxylic acids is 2. The van der Waals surface area contributed by atoms with E-state index >= 15 is 0 Å². The average Bonchev–Trinajstić information content (AvgIpc) is 2.15. The normalized spacial score (nSPS) is 9.75. The molecule has 0 aliphatic heterocycles. The number of nitrogens with one attached hydrogen (secondary N) is 1. The van der Waals surface area contributed by atoms with Gasteiger partial charge in [-0.3, -0.25) is 4.79 Å². The third-order valence-corrected chi connectivity index (χ3v) is 1.54. The molecule has 1 aromatic heterocycles. The number of pyridine rings is 1. The van der Waals surface area contributed by atoms with Gasteiger partial charge in [0.1, 0.15) is 5.69 Å². The van der Waals surface area contributed by atoms with Gasteiger partial charge in [-0.1, -0.05) is 0 Å². The van der Waals surface area contributed by atoms with Gasteiger partial charge in [0.05, 0.1) is 0 Å². The predicted octanol–water partition coefficient (Wildman–Crippen LogP) is -0.758. The summed E-state index contributed by atoms with van der Waals surface area (Å²) in [7, 11) is 0. The number of aromatic nitrogens is 1. The second kappa shape index (κ2) is 4.34. The zero-order valence-electron chi connectivity index (χ0n) is 7.76. The van der Waals surface area contributed by atoms with Crippen molar-refractivity contribution in [3.63, 3.8) is 0 Å². The Bertz CT molecular complexity index is 490. The first-order valence-electron chi connectivity index (χ1n) is 3.96. The fraction of sp³-hybridized carbons (Fsp3) is 0.125. The molecule has 0 unspecified atom stereocenters. The average molecular weight is 229 g/mol. The summed E-state index contributed by atoms with van der Waals surface area (Å²) in [4.78, 5) is 33.7. The molecule has 4 N–H and O–H groups in total. The lowest BCUT2D eigenvalue weighted by atomic mass is 10.3. The van der Waals surface area contributed by atoms with E-state index in [1.807, 2.05) is 4.98 Å². The van der Waals surface area contributed by atoms with Crippen LogP contribution in [0, 0.1) is 0 Å². The van der Waals surface area contributed by atoms with E-state index in [4.69, 9.17) is 10.2 Å². The van der Waals surface area contributed by atoms with E-state index in [0.717, 1.165) is 6.07 Å². The predicted molar refractivity (Wildman–Crippen MR) is 48.8 cm³/mol. The van der Waals surface area contributed by atoms with Gasteiger partial charge in [-0.15, -0.1) is 0 Å². The minimum Gasteiger partial charge on any atom is -0.504 e. The quantitative estimate of drug-likeness (QED) is 0.532. The molecule has 0 aliphatic carbocycles. The third kappa shape index (κ3) is 2.50. The van der Waals surface area contributed by atoms with Crippen molar-refractivity contribution in [1.82, 2.24) is 4.98 Å². The Morgan fingerprint density at radius 3 is 2.44 bits per heavy atom. The van der Waals surface area contributed by atoms with Crippen LogP contribution in [0.3, 0.4) is 0 Å². The second-order valence-corrected chi connectivity index (χ2v) is 2.71. The van der Waals surface area contributed by atoms with E-state index in [1.54, 1.807) is 0 Å². The fourth-order valence-electron chi connectivity index (χ4n) is 0.922. The van der Waals surface area contributed by atoms with E-state index < -0.39 is 41.3 Å². The Hall–Kier alpha value is -2.51. The zero-order chi connectivity index (χ0) is 12.3. The summed E-state index contributed by atoms with van der Waals surface area (Å²) in [6, 6.07) is 0.751. The lowest BCUT2D eigenvalue weighted by Gasteiger charge is -2.04. The summed E-state index contributed by atoms with van der Waals surface area (Å²) in [5, 5.41) is 26.0. The zero-order valence-corrected chi connectivity index (χ0v) is 7.76. The molecular formula is C8H7NO7. The van der Waals surface area contributed by atoms with Gasteiger partial charge in [-0.25, -0.2) is 9.59 Å². The topological polar surface area (TPSA) is 137 Å². The Labute approximate surface area is 87.7 Å². The number of carbonyl (C=O) groups is 2. The number of aromatic amines is 1. The molecule has 0 saturated carbocycles. The Balaban J connectivity index is 3.08. The van der Waals surface area contributed by atoms with Crippen LogP contribution in [0.5, 0.6) is 11.5 Å². The SMILES string of the molecule is O=C(O)COc1c(O)cc(C(=O)O)[nH]c1=O. The standard InChI is InChI=1S/C8H7NO7/c10-4-1-3(8(14)15)9-7(13)6(4)16-2-5(11)12/h1H,2H2,(H,11,12)(H,14,15)(H2,9,10,13). The molecule has 0 aromatic carbocycles. The van der Waals surface area contributed by atoms with Gasteiger partial charge in [0, 0.05) is 6.07 Å². The van der Waals surface area contributed by atoms with Crippen molar-refractivity contribution < 1.29 is 29.6 Å². The molecule has 0 saturated heterocycles. The molecule has 0 fully saturated rings. The molecule has 0 aliphatic rings. The van der Waals surface area contributed by atoms with Crippen LogP contribution < -0.4 is 10.3 Å². The highest BCUT2D eigenvalue weighted by Gasteiger charge is 2.14. The van der Waals surface area contributed by atoms with Crippen LogP contribution in [0.25, 0.3) is 0 Å². The van der Waals surface area contributed by atoms with Crippen molar-refractivity contribution in [2.24, 2.45) is 0 Å². The van der Waals surface area contributed by atoms with Crippen LogP contribution in [0.2, 0.25) is 0 Å². The Kier molecular flexibility index (Phi) is 3.14. The maximum atomic E-state index is 11.2. The summed E-state index contributed by atoms with van der Waals surface area (Å²) < 4.78 is 4.48. The maximum Gasteiger partial charge on any atom is 0.352 e. The molecular weight excluding hydrogens is 222 g/mol. The number of aliphatic carboxylic acids is 1. The molecule has 16 heavy (non-hydrogen) atoms. The van der Waals surface area contributed by atoms with Crippen LogP contribution >= 0.6 is 0 Å². The van der Waals surface area contributed by atoms with E-state index in [9.17, 15) is 19.5 Å². The van der Waals surface area contributed by atoms with E-state index in [-0.39, 0.29) is 0 Å². The van der Waals surface area contributed by atoms with Crippen LogP contribution in [0.15, 0.2) is 10.9 Å². The molecule has 1 rings (SSSR count). The first-order chi connectivity index (χ1) is 7.41. The molecule has 0 amide bonds. The molecule has 1 aromatic rings. The third-order valence-electron chi connectivity index (χ3n) is 1.54. The number of rotatable bonds is 4. The van der Waals surface area contributed by atoms with Gasteiger partial charge in [-0.2, -0.15) is 0 Å². The molecule has 1 heterocycles. The number of aromatic hydroxyl groups is 1.